The number of hydrogen-bond acceptors (Lipinski definition) is 5. The van der Waals surface area contributed by atoms with Crippen LogP contribution in [0.3, 0.4) is 0 Å². The van der Waals surface area contributed by atoms with Gasteiger partial charge in [-0.05, 0) is 45.1 Å². The summed E-state index contributed by atoms with van der Waals surface area (Å²) in [5, 5.41) is 3.52. The minimum Gasteiger partial charge on any atom is -0.469 e. The molecule has 1 saturated heterocycles. The van der Waals surface area contributed by atoms with Gasteiger partial charge in [-0.1, -0.05) is 0 Å². The second kappa shape index (κ2) is 6.41. The van der Waals surface area contributed by atoms with E-state index in [1.54, 1.807) is 0 Å². The van der Waals surface area contributed by atoms with Crippen molar-refractivity contribution in [2.75, 3.05) is 19.4 Å². The van der Waals surface area contributed by atoms with Crippen molar-refractivity contribution in [3.8, 4) is 0 Å². The zero-order chi connectivity index (χ0) is 14.6. The third kappa shape index (κ3) is 4.17. The van der Waals surface area contributed by atoms with Gasteiger partial charge in [0.05, 0.1) is 12.9 Å². The molecule has 2 fully saturated rings. The van der Waals surface area contributed by atoms with E-state index >= 15 is 0 Å². The smallest absolute Gasteiger partial charge is 0.305 e. The lowest BCUT2D eigenvalue weighted by molar-refractivity contribution is -0.140. The van der Waals surface area contributed by atoms with Crippen LogP contribution in [0.25, 0.3) is 0 Å². The summed E-state index contributed by atoms with van der Waals surface area (Å²) >= 11 is 0. The van der Waals surface area contributed by atoms with Gasteiger partial charge in [-0.3, -0.25) is 4.79 Å². The lowest BCUT2D eigenvalue weighted by Crippen LogP contribution is -2.59. The molecular weight excluding hydrogens is 280 g/mol. The van der Waals surface area contributed by atoms with Crippen LogP contribution in [0, 0.1) is 0 Å². The highest BCUT2D eigenvalue weighted by molar-refractivity contribution is 7.89. The van der Waals surface area contributed by atoms with Crippen molar-refractivity contribution >= 4 is 16.0 Å². The summed E-state index contributed by atoms with van der Waals surface area (Å²) < 4.78 is 31.3. The zero-order valence-electron chi connectivity index (χ0n) is 12.0. The summed E-state index contributed by atoms with van der Waals surface area (Å²) in [5.74, 6) is -0.380. The minimum absolute atomic E-state index is 0.0149. The zero-order valence-corrected chi connectivity index (χ0v) is 12.8. The molecule has 1 saturated carbocycles. The van der Waals surface area contributed by atoms with Gasteiger partial charge >= 0.3 is 5.97 Å². The summed E-state index contributed by atoms with van der Waals surface area (Å²) in [7, 11) is -2.00. The number of esters is 1. The van der Waals surface area contributed by atoms with Crippen molar-refractivity contribution in [2.45, 2.75) is 56.5 Å². The van der Waals surface area contributed by atoms with Crippen LogP contribution in [0.15, 0.2) is 0 Å². The number of hydrogen-bond donors (Lipinski definition) is 2. The molecule has 1 aliphatic carbocycles. The molecule has 2 rings (SSSR count). The minimum atomic E-state index is -3.30. The molecule has 0 aromatic heterocycles. The molecule has 1 atom stereocenters. The first kappa shape index (κ1) is 15.7. The molecule has 6 nitrogen and oxygen atoms in total. The predicted molar refractivity (Wildman–Crippen MR) is 75.8 cm³/mol. The Hall–Kier alpha value is -0.660. The van der Waals surface area contributed by atoms with Gasteiger partial charge in [0.2, 0.25) is 10.0 Å². The summed E-state index contributed by atoms with van der Waals surface area (Å²) in [4.78, 5) is 11.0. The highest BCUT2D eigenvalue weighted by atomic mass is 32.2. The van der Waals surface area contributed by atoms with E-state index in [1.807, 2.05) is 0 Å². The van der Waals surface area contributed by atoms with Crippen molar-refractivity contribution in [1.29, 1.82) is 0 Å². The van der Waals surface area contributed by atoms with Crippen molar-refractivity contribution in [2.24, 2.45) is 0 Å². The number of rotatable bonds is 6. The molecule has 1 aliphatic heterocycles. The Kier molecular flexibility index (Phi) is 5.04. The Morgan fingerprint density at radius 2 is 2.20 bits per heavy atom. The van der Waals surface area contributed by atoms with Crippen LogP contribution in [0.1, 0.15) is 44.9 Å². The quantitative estimate of drug-likeness (QED) is 0.699. The van der Waals surface area contributed by atoms with E-state index in [4.69, 9.17) is 0 Å². The number of piperidine rings is 1. The standard InChI is InChI=1S/C13H24N2O4S/c1-19-12(16)4-2-9-20(17,18)15-11-5-8-14-13(10-11)6-3-7-13/h11,14-15H,2-10H2,1H3. The summed E-state index contributed by atoms with van der Waals surface area (Å²) in [6, 6.07) is 0.0275. The first-order valence-electron chi connectivity index (χ1n) is 7.27. The van der Waals surface area contributed by atoms with Gasteiger partial charge in [-0.2, -0.15) is 0 Å². The molecule has 2 N–H and O–H groups in total. The maximum Gasteiger partial charge on any atom is 0.305 e. The Bertz CT molecular complexity index is 445. The highest BCUT2D eigenvalue weighted by Crippen LogP contribution is 2.38. The molecule has 1 unspecified atom stereocenters. The molecule has 2 aliphatic rings. The van der Waals surface area contributed by atoms with E-state index in [0.717, 1.165) is 32.2 Å². The maximum absolute atomic E-state index is 12.0. The van der Waals surface area contributed by atoms with Crippen molar-refractivity contribution in [3.05, 3.63) is 0 Å². The molecule has 20 heavy (non-hydrogen) atoms. The molecule has 1 heterocycles. The topological polar surface area (TPSA) is 84.5 Å². The molecule has 7 heteroatoms. The summed E-state index contributed by atoms with van der Waals surface area (Å²) in [6.45, 7) is 0.870. The maximum atomic E-state index is 12.0. The van der Waals surface area contributed by atoms with Crippen LogP contribution in [0.2, 0.25) is 0 Å². The molecule has 0 radical (unpaired) electrons. The van der Waals surface area contributed by atoms with Gasteiger partial charge in [0, 0.05) is 18.0 Å². The SMILES string of the molecule is COC(=O)CCCS(=O)(=O)NC1CCNC2(CCC2)C1. The van der Waals surface area contributed by atoms with Crippen LogP contribution in [-0.4, -0.2) is 45.4 Å². The van der Waals surface area contributed by atoms with Crippen LogP contribution >= 0.6 is 0 Å². The largest absolute Gasteiger partial charge is 0.469 e. The molecule has 0 aromatic carbocycles. The lowest BCUT2D eigenvalue weighted by Gasteiger charge is -2.48. The van der Waals surface area contributed by atoms with Crippen molar-refractivity contribution < 1.29 is 17.9 Å². The number of nitrogens with one attached hydrogen (secondary N) is 2. The predicted octanol–water partition coefficient (Wildman–Crippen LogP) is 0.534. The van der Waals surface area contributed by atoms with Crippen LogP contribution < -0.4 is 10.0 Å². The number of carbonyl (C=O) groups excluding carboxylic acids is 1. The molecule has 116 valence electrons. The summed E-state index contributed by atoms with van der Waals surface area (Å²) in [6.07, 6.45) is 5.68. The van der Waals surface area contributed by atoms with E-state index in [9.17, 15) is 13.2 Å². The normalized spacial score (nSPS) is 25.1. The lowest BCUT2D eigenvalue weighted by atomic mass is 9.70. The van der Waals surface area contributed by atoms with Gasteiger partial charge in [0.15, 0.2) is 0 Å². The van der Waals surface area contributed by atoms with E-state index < -0.39 is 10.0 Å². The number of methoxy groups -OCH3 is 1. The van der Waals surface area contributed by atoms with E-state index in [1.165, 1.54) is 13.5 Å². The van der Waals surface area contributed by atoms with Crippen LogP contribution in [-0.2, 0) is 19.6 Å². The molecular formula is C13H24N2O4S. The van der Waals surface area contributed by atoms with Gasteiger partial charge < -0.3 is 10.1 Å². The van der Waals surface area contributed by atoms with E-state index in [0.29, 0.717) is 6.42 Å². The van der Waals surface area contributed by atoms with Crippen LogP contribution in [0.4, 0.5) is 0 Å². The first-order chi connectivity index (χ1) is 9.45. The Labute approximate surface area is 120 Å². The Morgan fingerprint density at radius 1 is 1.45 bits per heavy atom. The number of carbonyl (C=O) groups is 1. The van der Waals surface area contributed by atoms with Gasteiger partial charge in [-0.25, -0.2) is 13.1 Å². The average Bonchev–Trinajstić information content (AvgIpc) is 2.36. The molecule has 0 aromatic rings. The fourth-order valence-corrected chi connectivity index (χ4v) is 4.42. The molecule has 1 spiro atoms. The van der Waals surface area contributed by atoms with E-state index in [2.05, 4.69) is 14.8 Å². The second-order valence-corrected chi connectivity index (χ2v) is 7.74. The van der Waals surface area contributed by atoms with Crippen LogP contribution in [0.5, 0.6) is 0 Å². The number of ether oxygens (including phenoxy) is 1. The molecule has 0 amide bonds. The van der Waals surface area contributed by atoms with Gasteiger partial charge in [0.25, 0.3) is 0 Å². The molecule has 0 bridgehead atoms. The number of sulfonamides is 1. The fraction of sp³-hybridized carbons (Fsp3) is 0.923. The van der Waals surface area contributed by atoms with Crippen molar-refractivity contribution in [3.63, 3.8) is 0 Å². The van der Waals surface area contributed by atoms with Crippen molar-refractivity contribution in [1.82, 2.24) is 10.0 Å². The third-order valence-electron chi connectivity index (χ3n) is 4.31. The summed E-state index contributed by atoms with van der Waals surface area (Å²) in [5.41, 5.74) is 0.178. The second-order valence-electron chi connectivity index (χ2n) is 5.87. The average molecular weight is 304 g/mol. The third-order valence-corrected chi connectivity index (χ3v) is 5.83. The van der Waals surface area contributed by atoms with E-state index in [-0.39, 0.29) is 29.7 Å². The Morgan fingerprint density at radius 3 is 2.80 bits per heavy atom. The fourth-order valence-electron chi connectivity index (χ4n) is 3.06. The highest BCUT2D eigenvalue weighted by Gasteiger charge is 2.41. The Balaban J connectivity index is 1.77. The monoisotopic (exact) mass is 304 g/mol. The first-order valence-corrected chi connectivity index (χ1v) is 8.92. The van der Waals surface area contributed by atoms with Gasteiger partial charge in [-0.15, -0.1) is 0 Å². The van der Waals surface area contributed by atoms with Gasteiger partial charge in [0.1, 0.15) is 0 Å².